The van der Waals surface area contributed by atoms with Crippen LogP contribution in [0.3, 0.4) is 0 Å². The Hall–Kier alpha value is -3.02. The van der Waals surface area contributed by atoms with E-state index in [9.17, 15) is 8.78 Å². The maximum atomic E-state index is 13.8. The monoisotopic (exact) mass is 354 g/mol. The summed E-state index contributed by atoms with van der Waals surface area (Å²) in [5.41, 5.74) is 1.06. The summed E-state index contributed by atoms with van der Waals surface area (Å²) in [4.78, 5) is 8.51. The van der Waals surface area contributed by atoms with Crippen molar-refractivity contribution in [2.24, 2.45) is 0 Å². The molecule has 26 heavy (non-hydrogen) atoms. The van der Waals surface area contributed by atoms with Crippen LogP contribution in [-0.4, -0.2) is 16.5 Å². The van der Waals surface area contributed by atoms with Crippen molar-refractivity contribution in [2.45, 2.75) is 19.8 Å². The fourth-order valence-corrected chi connectivity index (χ4v) is 2.62. The fraction of sp³-hybridized carbons (Fsp3) is 0.200. The minimum Gasteiger partial charge on any atom is -0.370 e. The molecule has 0 bridgehead atoms. The number of hydrogen-bond donors (Lipinski definition) is 2. The first-order valence-electron chi connectivity index (χ1n) is 8.46. The lowest BCUT2D eigenvalue weighted by atomic mass is 10.1. The zero-order valence-corrected chi connectivity index (χ0v) is 14.5. The second kappa shape index (κ2) is 8.38. The Kier molecular flexibility index (Phi) is 5.73. The third kappa shape index (κ3) is 4.75. The average Bonchev–Trinajstić information content (AvgIpc) is 2.63. The van der Waals surface area contributed by atoms with Crippen molar-refractivity contribution < 1.29 is 8.78 Å². The molecule has 1 heterocycles. The second-order valence-corrected chi connectivity index (χ2v) is 5.92. The van der Waals surface area contributed by atoms with E-state index in [2.05, 4.69) is 32.7 Å². The number of halogens is 2. The van der Waals surface area contributed by atoms with Crippen LogP contribution >= 0.6 is 0 Å². The van der Waals surface area contributed by atoms with Crippen LogP contribution in [0.4, 0.5) is 26.1 Å². The predicted molar refractivity (Wildman–Crippen MR) is 99.7 cm³/mol. The van der Waals surface area contributed by atoms with Gasteiger partial charge in [-0.3, -0.25) is 0 Å². The van der Waals surface area contributed by atoms with Crippen molar-refractivity contribution in [1.29, 1.82) is 0 Å². The van der Waals surface area contributed by atoms with Gasteiger partial charge in [-0.2, -0.15) is 0 Å². The van der Waals surface area contributed by atoms with Gasteiger partial charge in [-0.25, -0.2) is 18.7 Å². The Morgan fingerprint density at radius 3 is 2.31 bits per heavy atom. The number of para-hydroxylation sites is 1. The molecule has 1 aromatic heterocycles. The van der Waals surface area contributed by atoms with Gasteiger partial charge in [-0.05, 0) is 37.5 Å². The lowest BCUT2D eigenvalue weighted by Crippen LogP contribution is -2.08. The average molecular weight is 354 g/mol. The summed E-state index contributed by atoms with van der Waals surface area (Å²) in [5.74, 6) is 0.131. The third-order valence-corrected chi connectivity index (χ3v) is 3.84. The van der Waals surface area contributed by atoms with Crippen LogP contribution in [0, 0.1) is 18.6 Å². The first-order valence-corrected chi connectivity index (χ1v) is 8.46. The molecule has 0 unspecified atom stereocenters. The van der Waals surface area contributed by atoms with Gasteiger partial charge >= 0.3 is 0 Å². The van der Waals surface area contributed by atoms with Crippen molar-refractivity contribution in [1.82, 2.24) is 9.97 Å². The van der Waals surface area contributed by atoms with Crippen LogP contribution < -0.4 is 10.6 Å². The summed E-state index contributed by atoms with van der Waals surface area (Å²) in [5, 5.41) is 5.93. The smallest absolute Gasteiger partial charge is 0.149 e. The molecule has 6 heteroatoms. The molecule has 2 N–H and O–H groups in total. The molecule has 0 aliphatic carbocycles. The summed E-state index contributed by atoms with van der Waals surface area (Å²) < 4.78 is 27.6. The van der Waals surface area contributed by atoms with E-state index in [-0.39, 0.29) is 5.69 Å². The van der Waals surface area contributed by atoms with Crippen molar-refractivity contribution in [3.8, 4) is 0 Å². The van der Waals surface area contributed by atoms with E-state index < -0.39 is 11.6 Å². The molecule has 0 saturated heterocycles. The van der Waals surface area contributed by atoms with Crippen LogP contribution in [0.2, 0.25) is 0 Å². The minimum absolute atomic E-state index is 0.222. The zero-order chi connectivity index (χ0) is 18.4. The Morgan fingerprint density at radius 2 is 1.58 bits per heavy atom. The number of nitrogens with zero attached hydrogens (tertiary/aromatic N) is 2. The van der Waals surface area contributed by atoms with Gasteiger partial charge in [0.1, 0.15) is 34.8 Å². The molecule has 4 nitrogen and oxygen atoms in total. The van der Waals surface area contributed by atoms with Crippen LogP contribution in [0.5, 0.6) is 0 Å². The van der Waals surface area contributed by atoms with Gasteiger partial charge in [-0.15, -0.1) is 0 Å². The van der Waals surface area contributed by atoms with Gasteiger partial charge in [0, 0.05) is 12.6 Å². The number of rotatable bonds is 7. The van der Waals surface area contributed by atoms with E-state index in [1.54, 1.807) is 13.0 Å². The summed E-state index contributed by atoms with van der Waals surface area (Å²) in [6, 6.07) is 15.6. The molecular formula is C20H20F2N4. The summed E-state index contributed by atoms with van der Waals surface area (Å²) >= 11 is 0. The Morgan fingerprint density at radius 1 is 0.885 bits per heavy atom. The number of aromatic nitrogens is 2. The normalized spacial score (nSPS) is 10.6. The minimum atomic E-state index is -0.668. The maximum Gasteiger partial charge on any atom is 0.149 e. The first-order chi connectivity index (χ1) is 12.6. The third-order valence-electron chi connectivity index (χ3n) is 3.84. The molecule has 0 amide bonds. The molecule has 0 fully saturated rings. The lowest BCUT2D eigenvalue weighted by molar-refractivity contribution is 0.590. The second-order valence-electron chi connectivity index (χ2n) is 5.92. The molecule has 2 aromatic carbocycles. The summed E-state index contributed by atoms with van der Waals surface area (Å²) in [6.07, 6.45) is 1.90. The topological polar surface area (TPSA) is 49.8 Å². The van der Waals surface area contributed by atoms with Crippen molar-refractivity contribution in [3.05, 3.63) is 77.6 Å². The Balaban J connectivity index is 1.62. The lowest BCUT2D eigenvalue weighted by Gasteiger charge is -2.11. The van der Waals surface area contributed by atoms with Crippen LogP contribution in [0.25, 0.3) is 0 Å². The molecule has 0 spiro atoms. The fourth-order valence-electron chi connectivity index (χ4n) is 2.62. The summed E-state index contributed by atoms with van der Waals surface area (Å²) in [7, 11) is 0. The molecule has 0 aliphatic rings. The van der Waals surface area contributed by atoms with Crippen molar-refractivity contribution >= 4 is 17.3 Å². The first kappa shape index (κ1) is 17.8. The van der Waals surface area contributed by atoms with Crippen molar-refractivity contribution in [3.63, 3.8) is 0 Å². The van der Waals surface area contributed by atoms with Crippen LogP contribution in [0.1, 0.15) is 17.8 Å². The molecule has 0 aliphatic heterocycles. The van der Waals surface area contributed by atoms with Gasteiger partial charge in [0.05, 0.1) is 0 Å². The quantitative estimate of drug-likeness (QED) is 0.596. The summed E-state index contributed by atoms with van der Waals surface area (Å²) in [6.45, 7) is 2.47. The maximum absolute atomic E-state index is 13.8. The molecule has 0 atom stereocenters. The molecular weight excluding hydrogens is 334 g/mol. The number of hydrogen-bond acceptors (Lipinski definition) is 4. The predicted octanol–water partition coefficient (Wildman–Crippen LogP) is 4.85. The Labute approximate surface area is 151 Å². The zero-order valence-electron chi connectivity index (χ0n) is 14.5. The van der Waals surface area contributed by atoms with E-state index in [4.69, 9.17) is 0 Å². The highest BCUT2D eigenvalue weighted by molar-refractivity contribution is 5.60. The molecule has 3 aromatic rings. The highest BCUT2D eigenvalue weighted by atomic mass is 19.1. The van der Waals surface area contributed by atoms with E-state index in [0.717, 1.165) is 19.4 Å². The molecule has 0 radical (unpaired) electrons. The van der Waals surface area contributed by atoms with Gasteiger partial charge in [0.15, 0.2) is 0 Å². The largest absolute Gasteiger partial charge is 0.370 e. The molecule has 3 rings (SSSR count). The molecule has 134 valence electrons. The van der Waals surface area contributed by atoms with Gasteiger partial charge in [0.2, 0.25) is 0 Å². The highest BCUT2D eigenvalue weighted by Gasteiger charge is 2.10. The molecule has 0 saturated carbocycles. The van der Waals surface area contributed by atoms with Crippen LogP contribution in [0.15, 0.2) is 54.6 Å². The van der Waals surface area contributed by atoms with Gasteiger partial charge in [0.25, 0.3) is 0 Å². The standard InChI is InChI=1S/C20H20F2N4/c1-14-24-18(23-12-6-9-15-7-3-2-4-8-15)13-19(25-14)26-20-16(21)10-5-11-17(20)22/h2-5,7-8,10-11,13H,6,9,12H2,1H3,(H2,23,24,25,26). The van der Waals surface area contributed by atoms with Gasteiger partial charge < -0.3 is 10.6 Å². The van der Waals surface area contributed by atoms with E-state index in [0.29, 0.717) is 17.5 Å². The van der Waals surface area contributed by atoms with Crippen molar-refractivity contribution in [2.75, 3.05) is 17.2 Å². The number of anilines is 3. The van der Waals surface area contributed by atoms with Gasteiger partial charge in [-0.1, -0.05) is 36.4 Å². The van der Waals surface area contributed by atoms with Crippen LogP contribution in [-0.2, 0) is 6.42 Å². The number of aryl methyl sites for hydroxylation is 2. The van der Waals surface area contributed by atoms with E-state index in [1.807, 2.05) is 18.2 Å². The Bertz CT molecular complexity index is 849. The van der Waals surface area contributed by atoms with E-state index in [1.165, 1.54) is 23.8 Å². The number of nitrogens with one attached hydrogen (secondary N) is 2. The number of benzene rings is 2. The van der Waals surface area contributed by atoms with E-state index >= 15 is 0 Å². The SMILES string of the molecule is Cc1nc(NCCCc2ccccc2)cc(Nc2c(F)cccc2F)n1. The highest BCUT2D eigenvalue weighted by Crippen LogP contribution is 2.23.